The van der Waals surface area contributed by atoms with E-state index in [1.54, 1.807) is 12.0 Å². The summed E-state index contributed by atoms with van der Waals surface area (Å²) in [6.07, 6.45) is 0.359. The predicted molar refractivity (Wildman–Crippen MR) is 152 cm³/mol. The average molecular weight is 537 g/mol. The normalized spacial score (nSPS) is 18.2. The second kappa shape index (κ2) is 10.2. The molecular formula is C32H32N4O4. The Morgan fingerprint density at radius 2 is 1.82 bits per heavy atom. The molecule has 8 nitrogen and oxygen atoms in total. The topological polar surface area (TPSA) is 104 Å². The Hall–Kier alpha value is -4.59. The van der Waals surface area contributed by atoms with Gasteiger partial charge in [-0.3, -0.25) is 14.4 Å². The van der Waals surface area contributed by atoms with Crippen molar-refractivity contribution in [3.63, 3.8) is 0 Å². The summed E-state index contributed by atoms with van der Waals surface area (Å²) in [7, 11) is 1.60. The van der Waals surface area contributed by atoms with Gasteiger partial charge in [-0.25, -0.2) is 0 Å². The molecule has 40 heavy (non-hydrogen) atoms. The third-order valence-corrected chi connectivity index (χ3v) is 8.00. The minimum atomic E-state index is -0.763. The molecule has 2 aliphatic heterocycles. The van der Waals surface area contributed by atoms with Crippen molar-refractivity contribution in [1.29, 1.82) is 0 Å². The zero-order valence-corrected chi connectivity index (χ0v) is 22.7. The van der Waals surface area contributed by atoms with Crippen LogP contribution in [0.4, 0.5) is 0 Å². The van der Waals surface area contributed by atoms with E-state index < -0.39 is 18.1 Å². The number of carbonyl (C=O) groups excluding carboxylic acids is 3. The van der Waals surface area contributed by atoms with Crippen LogP contribution < -0.4 is 15.4 Å². The maximum atomic E-state index is 14.0. The lowest BCUT2D eigenvalue weighted by Gasteiger charge is -2.38. The van der Waals surface area contributed by atoms with E-state index in [0.717, 1.165) is 33.3 Å². The van der Waals surface area contributed by atoms with E-state index in [2.05, 4.69) is 15.6 Å². The number of rotatable bonds is 7. The Bertz CT molecular complexity index is 1620. The number of hydrogen-bond donors (Lipinski definition) is 3. The first kappa shape index (κ1) is 25.7. The molecule has 0 saturated carbocycles. The molecule has 3 heterocycles. The van der Waals surface area contributed by atoms with Crippen molar-refractivity contribution < 1.29 is 19.1 Å². The fraction of sp³-hybridized carbons (Fsp3) is 0.281. The van der Waals surface area contributed by atoms with Gasteiger partial charge in [-0.2, -0.15) is 0 Å². The molecule has 0 aliphatic carbocycles. The Labute approximate surface area is 232 Å². The van der Waals surface area contributed by atoms with E-state index in [9.17, 15) is 14.4 Å². The molecule has 4 aromatic rings. The van der Waals surface area contributed by atoms with Gasteiger partial charge in [-0.1, -0.05) is 62.4 Å². The van der Waals surface area contributed by atoms with Crippen LogP contribution in [0.25, 0.3) is 10.9 Å². The van der Waals surface area contributed by atoms with Crippen LogP contribution in [0.3, 0.4) is 0 Å². The first-order valence-corrected chi connectivity index (χ1v) is 13.6. The van der Waals surface area contributed by atoms with Gasteiger partial charge in [-0.15, -0.1) is 0 Å². The molecule has 3 amide bonds. The van der Waals surface area contributed by atoms with Crippen LogP contribution in [-0.2, 0) is 22.6 Å². The highest BCUT2D eigenvalue weighted by atomic mass is 16.5. The maximum absolute atomic E-state index is 14.0. The molecule has 3 atom stereocenters. The number of methoxy groups -OCH3 is 1. The Balaban J connectivity index is 1.29. The Morgan fingerprint density at radius 3 is 2.62 bits per heavy atom. The first-order valence-electron chi connectivity index (χ1n) is 13.6. The number of fused-ring (bicyclic) bond motifs is 7. The van der Waals surface area contributed by atoms with Crippen LogP contribution in [0.2, 0.25) is 0 Å². The SMILES string of the molecule is COc1cccc(CNC(=O)[C@@H](NC(=O)[C@@H]2Cc3c([nH]c4ccccc34)C3c4ccccc4C(=O)N32)C(C)C)c1. The number of hydrogen-bond acceptors (Lipinski definition) is 4. The predicted octanol–water partition coefficient (Wildman–Crippen LogP) is 4.10. The van der Waals surface area contributed by atoms with E-state index in [4.69, 9.17) is 4.74 Å². The van der Waals surface area contributed by atoms with E-state index >= 15 is 0 Å². The number of benzene rings is 3. The van der Waals surface area contributed by atoms with E-state index in [1.165, 1.54) is 0 Å². The number of ether oxygens (including phenoxy) is 1. The second-order valence-electron chi connectivity index (χ2n) is 10.8. The summed E-state index contributed by atoms with van der Waals surface area (Å²) in [6.45, 7) is 4.10. The molecule has 0 radical (unpaired) electrons. The average Bonchev–Trinajstić information content (AvgIpc) is 3.49. The molecule has 0 bridgehead atoms. The van der Waals surface area contributed by atoms with Gasteiger partial charge in [0.1, 0.15) is 17.8 Å². The summed E-state index contributed by atoms with van der Waals surface area (Å²) in [5, 5.41) is 6.99. The molecule has 8 heteroatoms. The highest BCUT2D eigenvalue weighted by Crippen LogP contribution is 2.46. The van der Waals surface area contributed by atoms with Crippen molar-refractivity contribution in [2.24, 2.45) is 5.92 Å². The number of H-pyrrole nitrogens is 1. The number of aromatic amines is 1. The zero-order valence-electron chi connectivity index (χ0n) is 22.7. The van der Waals surface area contributed by atoms with Gasteiger partial charge in [0.05, 0.1) is 13.2 Å². The van der Waals surface area contributed by atoms with Crippen molar-refractivity contribution in [2.75, 3.05) is 7.11 Å². The largest absolute Gasteiger partial charge is 0.497 e. The van der Waals surface area contributed by atoms with Gasteiger partial charge in [0.15, 0.2) is 0 Å². The summed E-state index contributed by atoms with van der Waals surface area (Å²) >= 11 is 0. The summed E-state index contributed by atoms with van der Waals surface area (Å²) in [5.74, 6) is -0.239. The third-order valence-electron chi connectivity index (χ3n) is 8.00. The van der Waals surface area contributed by atoms with Crippen molar-refractivity contribution in [1.82, 2.24) is 20.5 Å². The highest BCUT2D eigenvalue weighted by molar-refractivity contribution is 6.04. The van der Waals surface area contributed by atoms with E-state index in [-0.39, 0.29) is 23.6 Å². The van der Waals surface area contributed by atoms with Crippen LogP contribution in [-0.4, -0.2) is 46.8 Å². The fourth-order valence-corrected chi connectivity index (χ4v) is 6.00. The van der Waals surface area contributed by atoms with Gasteiger partial charge in [-0.05, 0) is 46.9 Å². The van der Waals surface area contributed by atoms with Gasteiger partial charge < -0.3 is 25.3 Å². The maximum Gasteiger partial charge on any atom is 0.255 e. The molecule has 0 fully saturated rings. The monoisotopic (exact) mass is 536 g/mol. The molecular weight excluding hydrogens is 504 g/mol. The van der Waals surface area contributed by atoms with Gasteiger partial charge in [0.2, 0.25) is 11.8 Å². The molecule has 0 spiro atoms. The summed E-state index contributed by atoms with van der Waals surface area (Å²) in [5.41, 5.74) is 5.33. The molecule has 0 saturated heterocycles. The molecule has 6 rings (SSSR count). The standard InChI is InChI=1S/C32H32N4O4/c1-18(2)27(31(38)33-17-19-9-8-10-20(15-19)40-3)35-30(37)26-16-24-21-11-6-7-14-25(21)34-28(24)29-22-12-4-5-13-23(22)32(39)36(26)29/h4-15,18,26-27,29,34H,16-17H2,1-3H3,(H,33,38)(H,35,37)/t26-,27-,29?/m0/s1. The van der Waals surface area contributed by atoms with E-state index in [1.807, 2.05) is 86.6 Å². The van der Waals surface area contributed by atoms with Crippen LogP contribution in [0.15, 0.2) is 72.8 Å². The van der Waals surface area contributed by atoms with Crippen LogP contribution in [0, 0.1) is 5.92 Å². The van der Waals surface area contributed by atoms with Crippen molar-refractivity contribution in [3.05, 3.63) is 101 Å². The van der Waals surface area contributed by atoms with Crippen molar-refractivity contribution in [2.45, 2.75) is 44.9 Å². The van der Waals surface area contributed by atoms with E-state index in [0.29, 0.717) is 24.3 Å². The lowest BCUT2D eigenvalue weighted by Crippen LogP contribution is -2.57. The summed E-state index contributed by atoms with van der Waals surface area (Å²) < 4.78 is 5.28. The van der Waals surface area contributed by atoms with Gasteiger partial charge >= 0.3 is 0 Å². The molecule has 3 aromatic carbocycles. The van der Waals surface area contributed by atoms with Crippen molar-refractivity contribution in [3.8, 4) is 5.75 Å². The molecule has 3 N–H and O–H groups in total. The van der Waals surface area contributed by atoms with Gasteiger partial charge in [0.25, 0.3) is 5.91 Å². The molecule has 1 aromatic heterocycles. The zero-order chi connectivity index (χ0) is 28.0. The quantitative estimate of drug-likeness (QED) is 0.331. The lowest BCUT2D eigenvalue weighted by atomic mass is 9.89. The van der Waals surface area contributed by atoms with Crippen molar-refractivity contribution >= 4 is 28.6 Å². The number of para-hydroxylation sites is 1. The number of nitrogens with zero attached hydrogens (tertiary/aromatic N) is 1. The summed E-state index contributed by atoms with van der Waals surface area (Å²) in [4.78, 5) is 46.2. The minimum Gasteiger partial charge on any atom is -0.497 e. The summed E-state index contributed by atoms with van der Waals surface area (Å²) in [6, 6.07) is 21.1. The third kappa shape index (κ3) is 4.29. The second-order valence-corrected chi connectivity index (χ2v) is 10.8. The smallest absolute Gasteiger partial charge is 0.255 e. The molecule has 2 aliphatic rings. The minimum absolute atomic E-state index is 0.163. The Morgan fingerprint density at radius 1 is 1.05 bits per heavy atom. The fourth-order valence-electron chi connectivity index (χ4n) is 6.00. The van der Waals surface area contributed by atoms with Gasteiger partial charge in [0, 0.05) is 35.1 Å². The van der Waals surface area contributed by atoms with Crippen LogP contribution >= 0.6 is 0 Å². The number of amides is 3. The first-order chi connectivity index (χ1) is 19.4. The number of aromatic nitrogens is 1. The number of carbonyl (C=O) groups is 3. The number of nitrogens with one attached hydrogen (secondary N) is 3. The van der Waals surface area contributed by atoms with Crippen LogP contribution in [0.1, 0.15) is 52.6 Å². The van der Waals surface area contributed by atoms with Crippen LogP contribution in [0.5, 0.6) is 5.75 Å². The molecule has 1 unspecified atom stereocenters. The highest BCUT2D eigenvalue weighted by Gasteiger charge is 2.49. The molecule has 204 valence electrons. The lowest BCUT2D eigenvalue weighted by molar-refractivity contribution is -0.133. The Kier molecular flexibility index (Phi) is 6.54.